The zero-order valence-corrected chi connectivity index (χ0v) is 21.3. The van der Waals surface area contributed by atoms with Gasteiger partial charge < -0.3 is 14.2 Å². The molecule has 1 N–H and O–H groups in total. The summed E-state index contributed by atoms with van der Waals surface area (Å²) in [5, 5.41) is 10.2. The summed E-state index contributed by atoms with van der Waals surface area (Å²) in [5.74, 6) is 2.89. The molecular formula is C29H43NO5. The van der Waals surface area contributed by atoms with E-state index in [-0.39, 0.29) is 5.60 Å². The van der Waals surface area contributed by atoms with Crippen LogP contribution in [0, 0.1) is 23.7 Å². The largest absolute Gasteiger partial charge is 0.492 e. The van der Waals surface area contributed by atoms with Gasteiger partial charge in [-0.3, -0.25) is 4.90 Å². The maximum Gasteiger partial charge on any atom is 0.207 e. The van der Waals surface area contributed by atoms with Crippen molar-refractivity contribution in [3.63, 3.8) is 0 Å². The van der Waals surface area contributed by atoms with E-state index < -0.39 is 5.79 Å². The van der Waals surface area contributed by atoms with Gasteiger partial charge in [0.1, 0.15) is 12.4 Å². The summed E-state index contributed by atoms with van der Waals surface area (Å²) in [6, 6.07) is 8.68. The van der Waals surface area contributed by atoms with Crippen molar-refractivity contribution < 1.29 is 24.4 Å². The molecule has 6 heteroatoms. The van der Waals surface area contributed by atoms with E-state index in [0.29, 0.717) is 24.4 Å². The Labute approximate surface area is 210 Å². The standard InChI is InChI=1S/C29H43NO5/c1-28(34-29(35-31)25-15-21-14-22(17-25)18-26(29)16-21)7-3-5-24(20-28)23-4-2-6-27(19-23)33-13-10-30-8-11-32-12-9-30/h2,4,6,19,21-22,24-26,31H,3,5,7-18,20H2,1H3/t21?,22?,24?,25?,26?,28-,29?/m0/s1. The van der Waals surface area contributed by atoms with Gasteiger partial charge in [0, 0.05) is 31.5 Å². The average Bonchev–Trinajstić information content (AvgIpc) is 2.87. The maximum absolute atomic E-state index is 10.2. The molecule has 0 spiro atoms. The molecule has 194 valence electrons. The van der Waals surface area contributed by atoms with Crippen LogP contribution in [-0.2, 0) is 14.4 Å². The van der Waals surface area contributed by atoms with Crippen LogP contribution in [0.1, 0.15) is 76.2 Å². The smallest absolute Gasteiger partial charge is 0.207 e. The highest BCUT2D eigenvalue weighted by Gasteiger charge is 2.62. The van der Waals surface area contributed by atoms with Crippen molar-refractivity contribution in [1.82, 2.24) is 4.90 Å². The summed E-state index contributed by atoms with van der Waals surface area (Å²) in [4.78, 5) is 7.79. The second-order valence-electron chi connectivity index (χ2n) is 12.3. The quantitative estimate of drug-likeness (QED) is 0.299. The minimum Gasteiger partial charge on any atom is -0.492 e. The number of nitrogens with zero attached hydrogens (tertiary/aromatic N) is 1. The molecule has 1 aliphatic heterocycles. The Morgan fingerprint density at radius 2 is 1.80 bits per heavy atom. The molecule has 4 bridgehead atoms. The fourth-order valence-electron chi connectivity index (χ4n) is 8.36. The third kappa shape index (κ3) is 4.89. The van der Waals surface area contributed by atoms with Crippen LogP contribution in [-0.4, -0.2) is 61.0 Å². The number of hydrogen-bond acceptors (Lipinski definition) is 6. The lowest BCUT2D eigenvalue weighted by Gasteiger charge is -2.60. The molecule has 1 aromatic carbocycles. The van der Waals surface area contributed by atoms with E-state index in [1.165, 1.54) is 18.4 Å². The molecule has 6 fully saturated rings. The van der Waals surface area contributed by atoms with Gasteiger partial charge in [0.15, 0.2) is 0 Å². The van der Waals surface area contributed by atoms with Gasteiger partial charge in [-0.05, 0) is 100 Å². The van der Waals surface area contributed by atoms with E-state index in [4.69, 9.17) is 19.1 Å². The van der Waals surface area contributed by atoms with Crippen LogP contribution >= 0.6 is 0 Å². The lowest BCUT2D eigenvalue weighted by Crippen LogP contribution is -2.63. The van der Waals surface area contributed by atoms with E-state index >= 15 is 0 Å². The molecule has 0 aromatic heterocycles. The molecule has 0 radical (unpaired) electrons. The van der Waals surface area contributed by atoms with E-state index in [1.54, 1.807) is 0 Å². The topological polar surface area (TPSA) is 60.4 Å². The Balaban J connectivity index is 1.11. The first-order valence-electron chi connectivity index (χ1n) is 14.1. The Morgan fingerprint density at radius 3 is 2.51 bits per heavy atom. The molecule has 35 heavy (non-hydrogen) atoms. The molecule has 2 atom stereocenters. The van der Waals surface area contributed by atoms with Gasteiger partial charge in [-0.15, -0.1) is 0 Å². The molecule has 1 heterocycles. The van der Waals surface area contributed by atoms with Crippen molar-refractivity contribution >= 4 is 0 Å². The minimum absolute atomic E-state index is 0.284. The van der Waals surface area contributed by atoms with Crippen LogP contribution in [0.2, 0.25) is 0 Å². The normalized spacial score (nSPS) is 41.3. The number of ether oxygens (including phenoxy) is 3. The van der Waals surface area contributed by atoms with Crippen molar-refractivity contribution in [3.05, 3.63) is 29.8 Å². The Hall–Kier alpha value is -1.18. The lowest BCUT2D eigenvalue weighted by molar-refractivity contribution is -0.476. The fraction of sp³-hybridized carbons (Fsp3) is 0.793. The maximum atomic E-state index is 10.2. The van der Waals surface area contributed by atoms with Crippen LogP contribution in [0.25, 0.3) is 0 Å². The van der Waals surface area contributed by atoms with Crippen LogP contribution < -0.4 is 4.74 Å². The van der Waals surface area contributed by atoms with Gasteiger partial charge in [-0.2, -0.15) is 0 Å². The zero-order valence-electron chi connectivity index (χ0n) is 21.3. The Kier molecular flexibility index (Phi) is 6.87. The van der Waals surface area contributed by atoms with E-state index in [2.05, 4.69) is 36.1 Å². The highest BCUT2D eigenvalue weighted by atomic mass is 17.1. The molecule has 5 saturated carbocycles. The van der Waals surface area contributed by atoms with Gasteiger partial charge in [0.05, 0.1) is 18.8 Å². The molecule has 1 saturated heterocycles. The SMILES string of the molecule is C[C@]1(OC2(OO)C3CC4CC(C3)CC2C4)CCCC(c2cccc(OCCN3CCOCC3)c2)C1. The average molecular weight is 486 g/mol. The summed E-state index contributed by atoms with van der Waals surface area (Å²) in [6.07, 6.45) is 10.3. The summed E-state index contributed by atoms with van der Waals surface area (Å²) >= 11 is 0. The van der Waals surface area contributed by atoms with E-state index in [1.807, 2.05) is 0 Å². The van der Waals surface area contributed by atoms with Crippen molar-refractivity contribution in [2.75, 3.05) is 39.5 Å². The summed E-state index contributed by atoms with van der Waals surface area (Å²) in [5.41, 5.74) is 1.06. The predicted octanol–water partition coefficient (Wildman–Crippen LogP) is 5.47. The number of benzene rings is 1. The molecule has 7 rings (SSSR count). The number of hydrogen-bond donors (Lipinski definition) is 1. The first kappa shape index (κ1) is 24.2. The first-order valence-corrected chi connectivity index (χ1v) is 14.1. The van der Waals surface area contributed by atoms with Crippen molar-refractivity contribution in [1.29, 1.82) is 0 Å². The van der Waals surface area contributed by atoms with Crippen molar-refractivity contribution in [3.8, 4) is 5.75 Å². The van der Waals surface area contributed by atoms with Crippen LogP contribution in [0.5, 0.6) is 5.75 Å². The van der Waals surface area contributed by atoms with Crippen LogP contribution in [0.15, 0.2) is 24.3 Å². The Bertz CT molecular complexity index is 842. The van der Waals surface area contributed by atoms with Crippen molar-refractivity contribution in [2.45, 2.75) is 82.0 Å². The highest BCUT2D eigenvalue weighted by molar-refractivity contribution is 5.31. The van der Waals surface area contributed by atoms with Gasteiger partial charge in [-0.25, -0.2) is 10.1 Å². The third-order valence-electron chi connectivity index (χ3n) is 9.87. The van der Waals surface area contributed by atoms with Crippen LogP contribution in [0.4, 0.5) is 0 Å². The van der Waals surface area contributed by atoms with Gasteiger partial charge >= 0.3 is 0 Å². The number of morpholine rings is 1. The third-order valence-corrected chi connectivity index (χ3v) is 9.87. The molecule has 6 aliphatic rings. The molecule has 1 unspecified atom stereocenters. The summed E-state index contributed by atoms with van der Waals surface area (Å²) in [7, 11) is 0. The summed E-state index contributed by atoms with van der Waals surface area (Å²) in [6.45, 7) is 7.53. The minimum atomic E-state index is -0.797. The molecule has 1 aromatic rings. The molecule has 5 aliphatic carbocycles. The Morgan fingerprint density at radius 1 is 1.06 bits per heavy atom. The lowest BCUT2D eigenvalue weighted by atomic mass is 9.53. The fourth-order valence-corrected chi connectivity index (χ4v) is 8.36. The monoisotopic (exact) mass is 485 g/mol. The summed E-state index contributed by atoms with van der Waals surface area (Å²) < 4.78 is 18.6. The van der Waals surface area contributed by atoms with Gasteiger partial charge in [0.2, 0.25) is 5.79 Å². The number of rotatable bonds is 8. The zero-order chi connectivity index (χ0) is 23.9. The second kappa shape index (κ2) is 9.94. The second-order valence-corrected chi connectivity index (χ2v) is 12.3. The van der Waals surface area contributed by atoms with Crippen molar-refractivity contribution in [2.24, 2.45) is 23.7 Å². The first-order chi connectivity index (χ1) is 17.1. The molecular weight excluding hydrogens is 442 g/mol. The van der Waals surface area contributed by atoms with Gasteiger partial charge in [-0.1, -0.05) is 12.1 Å². The van der Waals surface area contributed by atoms with E-state index in [9.17, 15) is 5.26 Å². The van der Waals surface area contributed by atoms with E-state index in [0.717, 1.165) is 95.4 Å². The van der Waals surface area contributed by atoms with Crippen LogP contribution in [0.3, 0.4) is 0 Å². The predicted molar refractivity (Wildman–Crippen MR) is 133 cm³/mol. The molecule has 0 amide bonds. The molecule has 6 nitrogen and oxygen atoms in total. The van der Waals surface area contributed by atoms with Gasteiger partial charge in [0.25, 0.3) is 0 Å². The highest BCUT2D eigenvalue weighted by Crippen LogP contribution is 2.61.